The van der Waals surface area contributed by atoms with E-state index in [1.165, 1.54) is 6.42 Å². The fourth-order valence-corrected chi connectivity index (χ4v) is 1.24. The Morgan fingerprint density at radius 3 is 2.56 bits per heavy atom. The van der Waals surface area contributed by atoms with E-state index in [-0.39, 0.29) is 8.41 Å². The van der Waals surface area contributed by atoms with Crippen LogP contribution < -0.4 is 0 Å². The van der Waals surface area contributed by atoms with E-state index in [4.69, 9.17) is 0 Å². The van der Waals surface area contributed by atoms with Crippen molar-refractivity contribution in [1.82, 2.24) is 0 Å². The second kappa shape index (κ2) is 3.70. The Hall–Kier alpha value is -0.265. The summed E-state index contributed by atoms with van der Waals surface area (Å²) in [5.74, 6) is 1.12. The summed E-state index contributed by atoms with van der Waals surface area (Å²) in [7, 11) is 0. The normalized spacial score (nSPS) is 27.2. The number of ketones is 1. The quantitative estimate of drug-likeness (QED) is 0.444. The molecule has 0 aromatic heterocycles. The second-order valence-corrected chi connectivity index (χ2v) is 2.74. The maximum atomic E-state index is 10.7. The molecule has 1 aliphatic carbocycles. The van der Waals surface area contributed by atoms with E-state index in [9.17, 15) is 4.79 Å². The fraction of sp³-hybridized carbons (Fsp3) is 0.857. The van der Waals surface area contributed by atoms with Gasteiger partial charge in [-0.15, -0.1) is 0 Å². The van der Waals surface area contributed by atoms with Gasteiger partial charge in [-0.2, -0.15) is 0 Å². The number of rotatable bonds is 0. The molecule has 49 valence electrons. The van der Waals surface area contributed by atoms with E-state index in [2.05, 4.69) is 6.92 Å². The van der Waals surface area contributed by atoms with Gasteiger partial charge >= 0.3 is 0 Å². The van der Waals surface area contributed by atoms with Crippen molar-refractivity contribution >= 4 is 14.2 Å². The van der Waals surface area contributed by atoms with Crippen LogP contribution in [0.15, 0.2) is 0 Å². The van der Waals surface area contributed by atoms with Crippen LogP contribution in [0.25, 0.3) is 0 Å². The first-order chi connectivity index (χ1) is 3.79. The Bertz CT molecular complexity index is 101. The monoisotopic (exact) mass is 123 g/mol. The molecule has 1 unspecified atom stereocenters. The van der Waals surface area contributed by atoms with Gasteiger partial charge in [0.2, 0.25) is 0 Å². The predicted molar refractivity (Wildman–Crippen MR) is 38.4 cm³/mol. The minimum atomic E-state index is 0. The Labute approximate surface area is 58.4 Å². The lowest BCUT2D eigenvalue weighted by atomic mass is 9.90. The van der Waals surface area contributed by atoms with Crippen molar-refractivity contribution in [3.63, 3.8) is 0 Å². The number of carbonyl (C=O) groups excluding carboxylic acids is 1. The van der Waals surface area contributed by atoms with Crippen molar-refractivity contribution in [3.05, 3.63) is 0 Å². The molecule has 0 aromatic rings. The average molecular weight is 123 g/mol. The number of carbonyl (C=O) groups is 1. The summed E-state index contributed by atoms with van der Waals surface area (Å²) >= 11 is 0. The van der Waals surface area contributed by atoms with E-state index in [0.717, 1.165) is 19.3 Å². The average Bonchev–Trinajstić information content (AvgIpc) is 1.64. The molecule has 1 nitrogen and oxygen atoms in total. The summed E-state index contributed by atoms with van der Waals surface area (Å²) in [5.41, 5.74) is 0. The van der Waals surface area contributed by atoms with Crippen LogP contribution in [0.2, 0.25) is 0 Å². The molecule has 0 bridgehead atoms. The first-order valence-corrected chi connectivity index (χ1v) is 3.31. The van der Waals surface area contributed by atoms with Crippen molar-refractivity contribution < 1.29 is 4.79 Å². The Balaban J connectivity index is 0.000000640. The van der Waals surface area contributed by atoms with E-state index in [1.807, 2.05) is 0 Å². The van der Waals surface area contributed by atoms with E-state index in [1.54, 1.807) is 0 Å². The molecule has 0 aliphatic heterocycles. The van der Waals surface area contributed by atoms with Crippen LogP contribution in [0.3, 0.4) is 0 Å². The highest BCUT2D eigenvalue weighted by Crippen LogP contribution is 2.19. The maximum Gasteiger partial charge on any atom is 0.133 e. The van der Waals surface area contributed by atoms with Crippen molar-refractivity contribution in [2.45, 2.75) is 32.6 Å². The Morgan fingerprint density at radius 1 is 1.56 bits per heavy atom. The van der Waals surface area contributed by atoms with E-state index < -0.39 is 0 Å². The number of hydrogen-bond donors (Lipinski definition) is 0. The highest BCUT2D eigenvalue weighted by molar-refractivity contribution is 5.79. The smallest absolute Gasteiger partial charge is 0.133 e. The van der Waals surface area contributed by atoms with Crippen LogP contribution in [-0.2, 0) is 4.79 Å². The van der Waals surface area contributed by atoms with Crippen LogP contribution in [0.4, 0.5) is 0 Å². The number of Topliss-reactive ketones (excluding diaryl/α,β-unsaturated/α-hetero) is 1. The molecule has 1 fully saturated rings. The summed E-state index contributed by atoms with van der Waals surface area (Å²) in [6.07, 6.45) is 4.05. The van der Waals surface area contributed by atoms with Crippen LogP contribution in [0, 0.1) is 5.92 Å². The van der Waals surface area contributed by atoms with Crippen LogP contribution in [0.5, 0.6) is 0 Å². The van der Waals surface area contributed by atoms with E-state index >= 15 is 0 Å². The third-order valence-corrected chi connectivity index (χ3v) is 1.73. The SMILES string of the molecule is CC1CCCC(=O)C1.[B]. The summed E-state index contributed by atoms with van der Waals surface area (Å²) in [6.45, 7) is 2.15. The highest BCUT2D eigenvalue weighted by Gasteiger charge is 2.14. The van der Waals surface area contributed by atoms with Gasteiger partial charge in [-0.1, -0.05) is 6.92 Å². The van der Waals surface area contributed by atoms with Gasteiger partial charge in [0.15, 0.2) is 0 Å². The zero-order valence-electron chi connectivity index (χ0n) is 5.89. The van der Waals surface area contributed by atoms with Gasteiger partial charge in [0.25, 0.3) is 0 Å². The minimum Gasteiger partial charge on any atom is -0.300 e. The lowest BCUT2D eigenvalue weighted by molar-refractivity contribution is -0.121. The van der Waals surface area contributed by atoms with Crippen molar-refractivity contribution in [3.8, 4) is 0 Å². The second-order valence-electron chi connectivity index (χ2n) is 2.74. The van der Waals surface area contributed by atoms with Crippen molar-refractivity contribution in [2.24, 2.45) is 5.92 Å². The molecule has 0 amide bonds. The molecule has 0 saturated heterocycles. The lowest BCUT2D eigenvalue weighted by Gasteiger charge is -2.14. The third kappa shape index (κ3) is 2.68. The molecule has 1 rings (SSSR count). The summed E-state index contributed by atoms with van der Waals surface area (Å²) in [4.78, 5) is 10.7. The Kier molecular flexibility index (Phi) is 3.59. The van der Waals surface area contributed by atoms with Crippen molar-refractivity contribution in [2.75, 3.05) is 0 Å². The number of hydrogen-bond acceptors (Lipinski definition) is 1. The molecule has 0 heterocycles. The summed E-state index contributed by atoms with van der Waals surface area (Å²) in [6, 6.07) is 0. The molecular formula is C7H12BO. The maximum absolute atomic E-state index is 10.7. The lowest BCUT2D eigenvalue weighted by Crippen LogP contribution is -2.11. The summed E-state index contributed by atoms with van der Waals surface area (Å²) in [5, 5.41) is 0. The largest absolute Gasteiger partial charge is 0.300 e. The standard InChI is InChI=1S/C7H12O.B/c1-6-3-2-4-7(8)5-6;/h6H,2-5H2,1H3;. The topological polar surface area (TPSA) is 17.1 Å². The van der Waals surface area contributed by atoms with Crippen molar-refractivity contribution in [1.29, 1.82) is 0 Å². The fourth-order valence-electron chi connectivity index (χ4n) is 1.24. The van der Waals surface area contributed by atoms with Gasteiger partial charge in [-0.25, -0.2) is 0 Å². The highest BCUT2D eigenvalue weighted by atomic mass is 16.1. The van der Waals surface area contributed by atoms with Gasteiger partial charge < -0.3 is 0 Å². The summed E-state index contributed by atoms with van der Waals surface area (Å²) < 4.78 is 0. The molecule has 2 heteroatoms. The molecule has 0 N–H and O–H groups in total. The first-order valence-electron chi connectivity index (χ1n) is 3.31. The molecule has 9 heavy (non-hydrogen) atoms. The molecule has 1 aliphatic rings. The molecular weight excluding hydrogens is 111 g/mol. The predicted octanol–water partition coefficient (Wildman–Crippen LogP) is 1.38. The van der Waals surface area contributed by atoms with Crippen LogP contribution in [-0.4, -0.2) is 14.2 Å². The zero-order valence-corrected chi connectivity index (χ0v) is 5.89. The first kappa shape index (κ1) is 8.73. The van der Waals surface area contributed by atoms with Gasteiger partial charge in [0, 0.05) is 21.3 Å². The molecule has 1 atom stereocenters. The molecule has 3 radical (unpaired) electrons. The van der Waals surface area contributed by atoms with Crippen LogP contribution >= 0.6 is 0 Å². The molecule has 0 aromatic carbocycles. The van der Waals surface area contributed by atoms with Gasteiger partial charge in [-0.05, 0) is 18.8 Å². The van der Waals surface area contributed by atoms with E-state index in [0.29, 0.717) is 11.7 Å². The zero-order chi connectivity index (χ0) is 5.98. The molecule has 1 saturated carbocycles. The third-order valence-electron chi connectivity index (χ3n) is 1.73. The molecule has 0 spiro atoms. The van der Waals surface area contributed by atoms with Gasteiger partial charge in [-0.3, -0.25) is 4.79 Å². The van der Waals surface area contributed by atoms with Gasteiger partial charge in [0.05, 0.1) is 0 Å². The van der Waals surface area contributed by atoms with Gasteiger partial charge in [0.1, 0.15) is 5.78 Å². The Morgan fingerprint density at radius 2 is 2.22 bits per heavy atom. The van der Waals surface area contributed by atoms with Crippen LogP contribution in [0.1, 0.15) is 32.6 Å². The minimum absolute atomic E-state index is 0.